The van der Waals surface area contributed by atoms with E-state index in [9.17, 15) is 4.79 Å². The molecule has 2 aliphatic carbocycles. The number of rotatable bonds is 2. The molecular formula is C19H29N3O2. The van der Waals surface area contributed by atoms with Crippen LogP contribution >= 0.6 is 0 Å². The third-order valence-corrected chi connectivity index (χ3v) is 6.18. The SMILES string of the molecule is C[C@@H]1CCc2onc(C(=O)N3CCN(C4CCCCC4)CC3)c2C1. The number of hydrogen-bond donors (Lipinski definition) is 0. The summed E-state index contributed by atoms with van der Waals surface area (Å²) in [5.41, 5.74) is 1.66. The minimum Gasteiger partial charge on any atom is -0.360 e. The molecule has 0 radical (unpaired) electrons. The first-order chi connectivity index (χ1) is 11.7. The van der Waals surface area contributed by atoms with Gasteiger partial charge in [0.15, 0.2) is 5.69 Å². The maximum absolute atomic E-state index is 12.9. The molecule has 132 valence electrons. The molecular weight excluding hydrogens is 302 g/mol. The lowest BCUT2D eigenvalue weighted by Gasteiger charge is -2.40. The first-order valence-corrected chi connectivity index (χ1v) is 9.73. The highest BCUT2D eigenvalue weighted by molar-refractivity contribution is 5.94. The topological polar surface area (TPSA) is 49.6 Å². The summed E-state index contributed by atoms with van der Waals surface area (Å²) in [6.07, 6.45) is 9.79. The minimum atomic E-state index is 0.0809. The van der Waals surface area contributed by atoms with E-state index in [0.29, 0.717) is 11.6 Å². The Morgan fingerprint density at radius 1 is 1.08 bits per heavy atom. The lowest BCUT2D eigenvalue weighted by atomic mass is 9.88. The fourth-order valence-corrected chi connectivity index (χ4v) is 4.63. The van der Waals surface area contributed by atoms with Gasteiger partial charge < -0.3 is 9.42 Å². The second-order valence-electron chi connectivity index (χ2n) is 7.90. The summed E-state index contributed by atoms with van der Waals surface area (Å²) in [7, 11) is 0. The summed E-state index contributed by atoms with van der Waals surface area (Å²) in [6, 6.07) is 0.747. The molecule has 1 saturated heterocycles. The van der Waals surface area contributed by atoms with Crippen LogP contribution in [0.4, 0.5) is 0 Å². The van der Waals surface area contributed by atoms with Crippen molar-refractivity contribution in [1.29, 1.82) is 0 Å². The van der Waals surface area contributed by atoms with E-state index >= 15 is 0 Å². The predicted octanol–water partition coefficient (Wildman–Crippen LogP) is 2.89. The van der Waals surface area contributed by atoms with Gasteiger partial charge in [0.05, 0.1) is 0 Å². The third-order valence-electron chi connectivity index (χ3n) is 6.18. The molecule has 0 aromatic carbocycles. The summed E-state index contributed by atoms with van der Waals surface area (Å²) >= 11 is 0. The number of aromatic nitrogens is 1. The molecule has 0 N–H and O–H groups in total. The lowest BCUT2D eigenvalue weighted by Crippen LogP contribution is -2.52. The van der Waals surface area contributed by atoms with Crippen molar-refractivity contribution in [2.45, 2.75) is 64.3 Å². The monoisotopic (exact) mass is 331 g/mol. The second kappa shape index (κ2) is 6.87. The summed E-state index contributed by atoms with van der Waals surface area (Å²) in [5, 5.41) is 4.14. The van der Waals surface area contributed by atoms with Crippen LogP contribution in [0.5, 0.6) is 0 Å². The summed E-state index contributed by atoms with van der Waals surface area (Å²) in [4.78, 5) is 17.5. The lowest BCUT2D eigenvalue weighted by molar-refractivity contribution is 0.0514. The molecule has 0 bridgehead atoms. The van der Waals surface area contributed by atoms with E-state index in [-0.39, 0.29) is 5.91 Å². The van der Waals surface area contributed by atoms with Crippen molar-refractivity contribution in [3.63, 3.8) is 0 Å². The molecule has 1 saturated carbocycles. The van der Waals surface area contributed by atoms with Crippen LogP contribution in [-0.4, -0.2) is 53.1 Å². The Bertz CT molecular complexity index is 583. The smallest absolute Gasteiger partial charge is 0.276 e. The van der Waals surface area contributed by atoms with Crippen molar-refractivity contribution in [1.82, 2.24) is 15.0 Å². The van der Waals surface area contributed by atoms with Gasteiger partial charge in [0.25, 0.3) is 5.91 Å². The van der Waals surface area contributed by atoms with E-state index in [0.717, 1.165) is 62.8 Å². The molecule has 24 heavy (non-hydrogen) atoms. The van der Waals surface area contributed by atoms with Crippen LogP contribution in [0.3, 0.4) is 0 Å². The van der Waals surface area contributed by atoms with Gasteiger partial charge in [0, 0.05) is 44.2 Å². The quantitative estimate of drug-likeness (QED) is 0.836. The second-order valence-corrected chi connectivity index (χ2v) is 7.90. The number of carbonyl (C=O) groups excluding carboxylic acids is 1. The van der Waals surface area contributed by atoms with E-state index in [4.69, 9.17) is 4.52 Å². The summed E-state index contributed by atoms with van der Waals surface area (Å²) in [5.74, 6) is 1.64. The van der Waals surface area contributed by atoms with Crippen molar-refractivity contribution in [3.8, 4) is 0 Å². The van der Waals surface area contributed by atoms with Crippen molar-refractivity contribution < 1.29 is 9.32 Å². The molecule has 1 aliphatic heterocycles. The van der Waals surface area contributed by atoms with Gasteiger partial charge in [-0.1, -0.05) is 31.3 Å². The molecule has 1 aromatic rings. The molecule has 1 amide bonds. The van der Waals surface area contributed by atoms with Gasteiger partial charge >= 0.3 is 0 Å². The molecule has 5 nitrogen and oxygen atoms in total. The standard InChI is InChI=1S/C19H29N3O2/c1-14-7-8-17-16(13-14)18(20-24-17)19(23)22-11-9-21(10-12-22)15-5-3-2-4-6-15/h14-15H,2-13H2,1H3/t14-/m1/s1. The molecule has 2 heterocycles. The molecule has 1 atom stereocenters. The van der Waals surface area contributed by atoms with Gasteiger partial charge in [0.2, 0.25) is 0 Å². The van der Waals surface area contributed by atoms with E-state index in [2.05, 4.69) is 17.0 Å². The number of hydrogen-bond acceptors (Lipinski definition) is 4. The zero-order valence-corrected chi connectivity index (χ0v) is 14.8. The average Bonchev–Trinajstić information content (AvgIpc) is 3.05. The molecule has 2 fully saturated rings. The highest BCUT2D eigenvalue weighted by Crippen LogP contribution is 2.29. The molecule has 0 unspecified atom stereocenters. The fraction of sp³-hybridized carbons (Fsp3) is 0.789. The maximum atomic E-state index is 12.9. The number of piperazine rings is 1. The number of nitrogens with zero attached hydrogens (tertiary/aromatic N) is 3. The molecule has 3 aliphatic rings. The van der Waals surface area contributed by atoms with E-state index in [1.54, 1.807) is 0 Å². The third kappa shape index (κ3) is 3.10. The van der Waals surface area contributed by atoms with E-state index in [1.165, 1.54) is 32.1 Å². The van der Waals surface area contributed by atoms with E-state index < -0.39 is 0 Å². The van der Waals surface area contributed by atoms with Gasteiger partial charge in [0.1, 0.15) is 5.76 Å². The minimum absolute atomic E-state index is 0.0809. The van der Waals surface area contributed by atoms with Gasteiger partial charge in [-0.2, -0.15) is 0 Å². The van der Waals surface area contributed by atoms with Crippen LogP contribution in [0.1, 0.15) is 67.3 Å². The van der Waals surface area contributed by atoms with Crippen LogP contribution in [0.25, 0.3) is 0 Å². The zero-order valence-electron chi connectivity index (χ0n) is 14.8. The predicted molar refractivity (Wildman–Crippen MR) is 92.0 cm³/mol. The van der Waals surface area contributed by atoms with Crippen LogP contribution in [-0.2, 0) is 12.8 Å². The van der Waals surface area contributed by atoms with Gasteiger partial charge in [-0.25, -0.2) is 0 Å². The van der Waals surface area contributed by atoms with Crippen LogP contribution < -0.4 is 0 Å². The fourth-order valence-electron chi connectivity index (χ4n) is 4.63. The number of aryl methyl sites for hydroxylation is 1. The largest absolute Gasteiger partial charge is 0.360 e. The summed E-state index contributed by atoms with van der Waals surface area (Å²) < 4.78 is 5.46. The maximum Gasteiger partial charge on any atom is 0.276 e. The Hall–Kier alpha value is -1.36. The van der Waals surface area contributed by atoms with Crippen LogP contribution in [0.2, 0.25) is 0 Å². The van der Waals surface area contributed by atoms with Crippen LogP contribution in [0.15, 0.2) is 4.52 Å². The first-order valence-electron chi connectivity index (χ1n) is 9.73. The van der Waals surface area contributed by atoms with Crippen molar-refractivity contribution in [2.24, 2.45) is 5.92 Å². The molecule has 5 heteroatoms. The molecule has 4 rings (SSSR count). The van der Waals surface area contributed by atoms with Gasteiger partial charge in [-0.15, -0.1) is 0 Å². The highest BCUT2D eigenvalue weighted by Gasteiger charge is 2.32. The van der Waals surface area contributed by atoms with Crippen LogP contribution in [0, 0.1) is 5.92 Å². The number of amides is 1. The number of fused-ring (bicyclic) bond motifs is 1. The summed E-state index contributed by atoms with van der Waals surface area (Å²) in [6.45, 7) is 5.91. The Morgan fingerprint density at radius 2 is 1.83 bits per heavy atom. The number of carbonyl (C=O) groups is 1. The van der Waals surface area contributed by atoms with Crippen molar-refractivity contribution in [3.05, 3.63) is 17.0 Å². The Balaban J connectivity index is 1.39. The Labute approximate surface area is 144 Å². The highest BCUT2D eigenvalue weighted by atomic mass is 16.5. The van der Waals surface area contributed by atoms with Crippen molar-refractivity contribution >= 4 is 5.91 Å². The Kier molecular flexibility index (Phi) is 4.61. The normalized spacial score (nSPS) is 26.4. The molecule has 1 aromatic heterocycles. The van der Waals surface area contributed by atoms with E-state index in [1.807, 2.05) is 4.90 Å². The van der Waals surface area contributed by atoms with Crippen molar-refractivity contribution in [2.75, 3.05) is 26.2 Å². The molecule has 0 spiro atoms. The Morgan fingerprint density at radius 3 is 2.58 bits per heavy atom. The van der Waals surface area contributed by atoms with Gasteiger partial charge in [-0.05, 0) is 31.6 Å². The zero-order chi connectivity index (χ0) is 16.5. The average molecular weight is 331 g/mol. The van der Waals surface area contributed by atoms with Gasteiger partial charge in [-0.3, -0.25) is 9.69 Å². The first kappa shape index (κ1) is 16.1.